The van der Waals surface area contributed by atoms with Crippen molar-refractivity contribution in [2.24, 2.45) is 5.73 Å². The summed E-state index contributed by atoms with van der Waals surface area (Å²) in [6.45, 7) is 0. The van der Waals surface area contributed by atoms with Gasteiger partial charge < -0.3 is 5.73 Å². The van der Waals surface area contributed by atoms with E-state index < -0.39 is 39.6 Å². The van der Waals surface area contributed by atoms with Crippen molar-refractivity contribution in [2.45, 2.75) is 24.0 Å². The van der Waals surface area contributed by atoms with Gasteiger partial charge in [0.05, 0.1) is 16.9 Å². The Labute approximate surface area is 122 Å². The minimum Gasteiger partial charge on any atom is -0.396 e. The molecule has 0 saturated carbocycles. The molecular formula is C12H11F6NO2S. The molecule has 3 nitrogen and oxygen atoms in total. The minimum absolute atomic E-state index is 0.190. The molecule has 0 aliphatic heterocycles. The fourth-order valence-electron chi connectivity index (χ4n) is 1.45. The molecule has 1 aromatic carbocycles. The van der Waals surface area contributed by atoms with Crippen molar-refractivity contribution in [3.05, 3.63) is 47.0 Å². The van der Waals surface area contributed by atoms with Crippen molar-refractivity contribution >= 4 is 9.84 Å². The number of allylic oxidation sites excluding steroid dienone is 1. The van der Waals surface area contributed by atoms with E-state index in [-0.39, 0.29) is 11.0 Å². The molecule has 0 aliphatic rings. The summed E-state index contributed by atoms with van der Waals surface area (Å²) in [7, 11) is -4.45. The molecule has 2 N–H and O–H groups in total. The van der Waals surface area contributed by atoms with Crippen molar-refractivity contribution in [1.29, 1.82) is 0 Å². The summed E-state index contributed by atoms with van der Waals surface area (Å²) in [5.41, 5.74) is 2.68. The highest BCUT2D eigenvalue weighted by atomic mass is 32.2. The fraction of sp³-hybridized carbons (Fsp3) is 0.333. The van der Waals surface area contributed by atoms with Gasteiger partial charge in [-0.2, -0.15) is 17.6 Å². The van der Waals surface area contributed by atoms with Gasteiger partial charge >= 0.3 is 18.3 Å². The number of hydrogen-bond donors (Lipinski definition) is 1. The molecular weight excluding hydrogens is 336 g/mol. The van der Waals surface area contributed by atoms with Crippen LogP contribution in [0.1, 0.15) is 5.56 Å². The minimum atomic E-state index is -5.78. The summed E-state index contributed by atoms with van der Waals surface area (Å²) >= 11 is 0. The monoisotopic (exact) mass is 347 g/mol. The third kappa shape index (κ3) is 3.93. The first-order valence-electron chi connectivity index (χ1n) is 5.68. The molecule has 0 saturated heterocycles. The van der Waals surface area contributed by atoms with Crippen LogP contribution in [0.25, 0.3) is 0 Å². The molecule has 124 valence electrons. The molecule has 0 aromatic heterocycles. The van der Waals surface area contributed by atoms with Crippen molar-refractivity contribution in [1.82, 2.24) is 0 Å². The van der Waals surface area contributed by atoms with Gasteiger partial charge in [0, 0.05) is 0 Å². The Kier molecular flexibility index (Phi) is 5.16. The van der Waals surface area contributed by atoms with Crippen molar-refractivity contribution in [3.63, 3.8) is 0 Å². The van der Waals surface area contributed by atoms with E-state index in [2.05, 4.69) is 5.73 Å². The van der Waals surface area contributed by atoms with Crippen molar-refractivity contribution < 1.29 is 34.8 Å². The lowest BCUT2D eigenvalue weighted by atomic mass is 10.1. The highest BCUT2D eigenvalue weighted by Crippen LogP contribution is 2.42. The summed E-state index contributed by atoms with van der Waals surface area (Å²) in [6, 6.07) is 7.22. The highest BCUT2D eigenvalue weighted by Gasteiger charge is 2.64. The van der Waals surface area contributed by atoms with Crippen LogP contribution in [-0.4, -0.2) is 26.7 Å². The van der Waals surface area contributed by atoms with Crippen molar-refractivity contribution in [2.75, 3.05) is 0 Å². The Bertz CT molecular complexity index is 643. The number of benzene rings is 1. The van der Waals surface area contributed by atoms with E-state index in [1.54, 1.807) is 6.07 Å². The van der Waals surface area contributed by atoms with Gasteiger partial charge in [0.1, 0.15) is 0 Å². The molecule has 0 unspecified atom stereocenters. The second-order valence-corrected chi connectivity index (χ2v) is 6.21. The zero-order chi connectivity index (χ0) is 17.2. The second-order valence-electron chi connectivity index (χ2n) is 4.36. The quantitative estimate of drug-likeness (QED) is 0.805. The largest absolute Gasteiger partial charge is 0.396 e. The molecule has 0 spiro atoms. The molecule has 0 heterocycles. The predicted octanol–water partition coefficient (Wildman–Crippen LogP) is 2.94. The molecule has 0 aliphatic carbocycles. The molecule has 10 heteroatoms. The number of alkyl halides is 6. The van der Waals surface area contributed by atoms with Crippen LogP contribution in [0.2, 0.25) is 0 Å². The van der Waals surface area contributed by atoms with E-state index in [1.165, 1.54) is 24.3 Å². The molecule has 0 bridgehead atoms. The van der Waals surface area contributed by atoms with E-state index in [0.29, 0.717) is 0 Å². The lowest BCUT2D eigenvalue weighted by Gasteiger charge is -2.25. The highest BCUT2D eigenvalue weighted by molar-refractivity contribution is 7.93. The number of hydrogen-bond acceptors (Lipinski definition) is 3. The summed E-state index contributed by atoms with van der Waals surface area (Å²) in [4.78, 5) is 0. The standard InChI is InChI=1S/C12H11F6NO2S/c13-10(14)12(17,18)11(15,16)9(19)7-22(20,21)6-8-4-2-1-3-5-8/h1-5,7,10H,6,19H2. The first-order chi connectivity index (χ1) is 9.90. The number of halogens is 6. The van der Waals surface area contributed by atoms with Gasteiger partial charge in [0.25, 0.3) is 0 Å². The van der Waals surface area contributed by atoms with Gasteiger partial charge in [0.2, 0.25) is 0 Å². The van der Waals surface area contributed by atoms with Gasteiger partial charge in [-0.3, -0.25) is 0 Å². The zero-order valence-corrected chi connectivity index (χ0v) is 11.6. The van der Waals surface area contributed by atoms with Crippen LogP contribution in [0.3, 0.4) is 0 Å². The Balaban J connectivity index is 3.10. The summed E-state index contributed by atoms with van der Waals surface area (Å²) in [5.74, 6) is -12.1. The maximum absolute atomic E-state index is 13.2. The van der Waals surface area contributed by atoms with Crippen LogP contribution in [0.15, 0.2) is 41.4 Å². The Hall–Kier alpha value is -1.71. The Morgan fingerprint density at radius 3 is 2.09 bits per heavy atom. The zero-order valence-electron chi connectivity index (χ0n) is 10.8. The molecule has 22 heavy (non-hydrogen) atoms. The average Bonchev–Trinajstić information content (AvgIpc) is 2.38. The molecule has 1 rings (SSSR count). The van der Waals surface area contributed by atoms with Crippen LogP contribution < -0.4 is 5.73 Å². The molecule has 0 fully saturated rings. The van der Waals surface area contributed by atoms with Crippen molar-refractivity contribution in [3.8, 4) is 0 Å². The second kappa shape index (κ2) is 6.19. The van der Waals surface area contributed by atoms with Gasteiger partial charge in [-0.1, -0.05) is 30.3 Å². The first-order valence-corrected chi connectivity index (χ1v) is 7.40. The van der Waals surface area contributed by atoms with Crippen LogP contribution in [0.4, 0.5) is 26.3 Å². The van der Waals surface area contributed by atoms with Crippen LogP contribution >= 0.6 is 0 Å². The first kappa shape index (κ1) is 18.3. The summed E-state index contributed by atoms with van der Waals surface area (Å²) in [6.07, 6.45) is -4.70. The van der Waals surface area contributed by atoms with Crippen LogP contribution in [-0.2, 0) is 15.6 Å². The lowest BCUT2D eigenvalue weighted by Crippen LogP contribution is -2.49. The number of rotatable bonds is 6. The van der Waals surface area contributed by atoms with E-state index in [9.17, 15) is 34.8 Å². The third-order valence-corrected chi connectivity index (χ3v) is 3.92. The Morgan fingerprint density at radius 2 is 1.64 bits per heavy atom. The SMILES string of the molecule is NC(=CS(=O)(=O)Cc1ccccc1)C(F)(F)C(F)(F)C(F)F. The molecule has 0 atom stereocenters. The van der Waals surface area contributed by atoms with E-state index in [0.717, 1.165) is 0 Å². The van der Waals surface area contributed by atoms with E-state index in [1.807, 2.05) is 0 Å². The summed E-state index contributed by atoms with van der Waals surface area (Å²) in [5, 5.41) is -0.309. The van der Waals surface area contributed by atoms with E-state index in [4.69, 9.17) is 0 Å². The average molecular weight is 347 g/mol. The van der Waals surface area contributed by atoms with Gasteiger partial charge in [-0.15, -0.1) is 0 Å². The van der Waals surface area contributed by atoms with Crippen LogP contribution in [0.5, 0.6) is 0 Å². The molecule has 0 radical (unpaired) electrons. The van der Waals surface area contributed by atoms with Gasteiger partial charge in [-0.05, 0) is 5.56 Å². The van der Waals surface area contributed by atoms with Gasteiger partial charge in [-0.25, -0.2) is 17.2 Å². The van der Waals surface area contributed by atoms with E-state index >= 15 is 0 Å². The fourth-order valence-corrected chi connectivity index (χ4v) is 2.72. The van der Waals surface area contributed by atoms with Gasteiger partial charge in [0.15, 0.2) is 9.84 Å². The number of sulfone groups is 1. The lowest BCUT2D eigenvalue weighted by molar-refractivity contribution is -0.246. The molecule has 0 amide bonds. The van der Waals surface area contributed by atoms with Crippen LogP contribution in [0, 0.1) is 0 Å². The topological polar surface area (TPSA) is 60.2 Å². The normalized spacial score (nSPS) is 14.4. The maximum Gasteiger partial charge on any atom is 0.375 e. The maximum atomic E-state index is 13.2. The number of nitrogens with two attached hydrogens (primary N) is 1. The Morgan fingerprint density at radius 1 is 1.14 bits per heavy atom. The smallest absolute Gasteiger partial charge is 0.375 e. The third-order valence-electron chi connectivity index (χ3n) is 2.57. The molecule has 1 aromatic rings. The summed E-state index contributed by atoms with van der Waals surface area (Å²) < 4.78 is 99.2. The predicted molar refractivity (Wildman–Crippen MR) is 67.2 cm³/mol.